The van der Waals surface area contributed by atoms with Gasteiger partial charge in [-0.1, -0.05) is 18.2 Å². The van der Waals surface area contributed by atoms with Gasteiger partial charge in [0, 0.05) is 55.1 Å². The van der Waals surface area contributed by atoms with Crippen molar-refractivity contribution in [1.29, 1.82) is 0 Å². The summed E-state index contributed by atoms with van der Waals surface area (Å²) in [5.74, 6) is 1.79. The van der Waals surface area contributed by atoms with Crippen molar-refractivity contribution in [2.45, 2.75) is 31.6 Å². The molecule has 0 unspecified atom stereocenters. The second-order valence-electron chi connectivity index (χ2n) is 10.2. The number of benzene rings is 1. The van der Waals surface area contributed by atoms with Gasteiger partial charge in [-0.3, -0.25) is 14.0 Å². The molecule has 0 spiro atoms. The van der Waals surface area contributed by atoms with Crippen LogP contribution in [-0.4, -0.2) is 74.7 Å². The monoisotopic (exact) mass is 526 g/mol. The predicted octanol–water partition coefficient (Wildman–Crippen LogP) is 3.67. The highest BCUT2D eigenvalue weighted by Gasteiger charge is 2.29. The van der Waals surface area contributed by atoms with Gasteiger partial charge in [-0.15, -0.1) is 0 Å². The third-order valence-corrected chi connectivity index (χ3v) is 7.07. The average molecular weight is 527 g/mol. The quantitative estimate of drug-likeness (QED) is 0.359. The van der Waals surface area contributed by atoms with E-state index < -0.39 is 0 Å². The van der Waals surface area contributed by atoms with E-state index in [1.807, 2.05) is 47.8 Å². The lowest BCUT2D eigenvalue weighted by molar-refractivity contribution is -0.132. The predicted molar refractivity (Wildman–Crippen MR) is 151 cm³/mol. The third-order valence-electron chi connectivity index (χ3n) is 7.07. The molecule has 1 aliphatic heterocycles. The summed E-state index contributed by atoms with van der Waals surface area (Å²) in [4.78, 5) is 43.2. The Morgan fingerprint density at radius 2 is 1.92 bits per heavy atom. The largest absolute Gasteiger partial charge is 0.382 e. The van der Waals surface area contributed by atoms with Crippen LogP contribution in [0.2, 0.25) is 0 Å². The Labute approximate surface area is 227 Å². The van der Waals surface area contributed by atoms with Crippen LogP contribution in [0.15, 0.2) is 61.1 Å². The molecule has 10 heteroatoms. The smallest absolute Gasteiger partial charge is 0.256 e. The van der Waals surface area contributed by atoms with Crippen molar-refractivity contribution < 1.29 is 9.59 Å². The van der Waals surface area contributed by atoms with E-state index in [0.717, 1.165) is 49.3 Å². The summed E-state index contributed by atoms with van der Waals surface area (Å²) in [7, 11) is 4.04. The Hall–Kier alpha value is -4.31. The number of nitrogen functional groups attached to an aromatic ring is 1. The van der Waals surface area contributed by atoms with Gasteiger partial charge >= 0.3 is 0 Å². The average Bonchev–Trinajstić information content (AvgIpc) is 3.34. The molecule has 10 nitrogen and oxygen atoms in total. The summed E-state index contributed by atoms with van der Waals surface area (Å²) >= 11 is 0. The maximum absolute atomic E-state index is 12.9. The molecule has 1 aliphatic rings. The fourth-order valence-electron chi connectivity index (χ4n) is 5.10. The molecule has 0 radical (unpaired) electrons. The standard InChI is InChI=1S/C29H34N8O2/c1-35(2)16-6-9-24(38)36-17-5-7-22(19-36)28-34-25(26-27(30)32-15-18-37(26)28)20-10-12-21(13-11-20)29(39)33-23-8-3-4-14-31-23/h3-4,8,10-15,18,22H,5-7,9,16-17,19H2,1-2H3,(H2,30,32)(H,31,33,39)/t22-/m1/s1. The highest BCUT2D eigenvalue weighted by Crippen LogP contribution is 2.34. The number of rotatable bonds is 8. The number of imidazole rings is 1. The lowest BCUT2D eigenvalue weighted by Crippen LogP contribution is -2.39. The zero-order valence-electron chi connectivity index (χ0n) is 22.4. The van der Waals surface area contributed by atoms with E-state index in [9.17, 15) is 9.59 Å². The minimum Gasteiger partial charge on any atom is -0.382 e. The third kappa shape index (κ3) is 5.91. The van der Waals surface area contributed by atoms with Crippen LogP contribution in [-0.2, 0) is 4.79 Å². The zero-order chi connectivity index (χ0) is 27.4. The SMILES string of the molecule is CN(C)CCCC(=O)N1CCC[C@@H](c2nc(-c3ccc(C(=O)Nc4ccccn4)cc3)c3c(N)nccn23)C1. The van der Waals surface area contributed by atoms with Gasteiger partial charge in [0.1, 0.15) is 28.7 Å². The zero-order valence-corrected chi connectivity index (χ0v) is 22.4. The van der Waals surface area contributed by atoms with E-state index >= 15 is 0 Å². The minimum atomic E-state index is -0.241. The fourth-order valence-corrected chi connectivity index (χ4v) is 5.10. The van der Waals surface area contributed by atoms with Crippen LogP contribution in [0.5, 0.6) is 0 Å². The lowest BCUT2D eigenvalue weighted by atomic mass is 9.96. The molecular weight excluding hydrogens is 492 g/mol. The highest BCUT2D eigenvalue weighted by atomic mass is 16.2. The number of nitrogens with two attached hydrogens (primary N) is 1. The molecule has 0 aliphatic carbocycles. The van der Waals surface area contributed by atoms with Gasteiger partial charge in [0.2, 0.25) is 5.91 Å². The Bertz CT molecular complexity index is 1450. The molecule has 1 saturated heterocycles. The van der Waals surface area contributed by atoms with Crippen LogP contribution in [0.3, 0.4) is 0 Å². The normalized spacial score (nSPS) is 15.6. The van der Waals surface area contributed by atoms with E-state index in [2.05, 4.69) is 20.2 Å². The van der Waals surface area contributed by atoms with Crippen molar-refractivity contribution in [3.05, 3.63) is 72.4 Å². The van der Waals surface area contributed by atoms with Gasteiger partial charge in [0.25, 0.3) is 5.91 Å². The molecule has 3 aromatic heterocycles. The summed E-state index contributed by atoms with van der Waals surface area (Å²) < 4.78 is 2.00. The van der Waals surface area contributed by atoms with Crippen molar-refractivity contribution in [1.82, 2.24) is 29.2 Å². The fraction of sp³-hybridized carbons (Fsp3) is 0.345. The molecular formula is C29H34N8O2. The number of hydrogen-bond acceptors (Lipinski definition) is 7. The van der Waals surface area contributed by atoms with Crippen molar-refractivity contribution >= 4 is 29.0 Å². The molecule has 4 aromatic rings. The molecule has 4 heterocycles. The molecule has 202 valence electrons. The Kier molecular flexibility index (Phi) is 7.83. The number of piperidine rings is 1. The molecule has 3 N–H and O–H groups in total. The minimum absolute atomic E-state index is 0.0861. The maximum Gasteiger partial charge on any atom is 0.256 e. The van der Waals surface area contributed by atoms with Gasteiger partial charge < -0.3 is 20.9 Å². The van der Waals surface area contributed by atoms with Crippen LogP contribution in [0, 0.1) is 0 Å². The van der Waals surface area contributed by atoms with Gasteiger partial charge in [-0.2, -0.15) is 0 Å². The van der Waals surface area contributed by atoms with E-state index in [1.165, 1.54) is 0 Å². The lowest BCUT2D eigenvalue weighted by Gasteiger charge is -2.32. The Morgan fingerprint density at radius 3 is 2.67 bits per heavy atom. The van der Waals surface area contributed by atoms with E-state index in [4.69, 9.17) is 10.7 Å². The van der Waals surface area contributed by atoms with Crippen LogP contribution in [0.4, 0.5) is 11.6 Å². The first-order valence-electron chi connectivity index (χ1n) is 13.3. The number of fused-ring (bicyclic) bond motifs is 1. The summed E-state index contributed by atoms with van der Waals surface area (Å²) in [6.07, 6.45) is 8.45. The van der Waals surface area contributed by atoms with Crippen LogP contribution >= 0.6 is 0 Å². The summed E-state index contributed by atoms with van der Waals surface area (Å²) in [5.41, 5.74) is 9.13. The second-order valence-corrected chi connectivity index (χ2v) is 10.2. The van der Waals surface area contributed by atoms with Gasteiger partial charge in [0.15, 0.2) is 0 Å². The molecule has 2 amide bonds. The Balaban J connectivity index is 1.39. The van der Waals surface area contributed by atoms with Crippen LogP contribution in [0.25, 0.3) is 16.8 Å². The highest BCUT2D eigenvalue weighted by molar-refractivity contribution is 6.04. The number of carbonyl (C=O) groups excluding carboxylic acids is 2. The number of nitrogens with one attached hydrogen (secondary N) is 1. The molecule has 1 aromatic carbocycles. The number of aromatic nitrogens is 4. The van der Waals surface area contributed by atoms with Crippen molar-refractivity contribution in [2.24, 2.45) is 0 Å². The molecule has 39 heavy (non-hydrogen) atoms. The summed E-state index contributed by atoms with van der Waals surface area (Å²) in [6, 6.07) is 12.6. The molecule has 1 fully saturated rings. The molecule has 0 bridgehead atoms. The first-order chi connectivity index (χ1) is 18.9. The van der Waals surface area contributed by atoms with Crippen molar-refractivity contribution in [3.63, 3.8) is 0 Å². The van der Waals surface area contributed by atoms with E-state index in [-0.39, 0.29) is 17.7 Å². The van der Waals surface area contributed by atoms with E-state index in [1.54, 1.807) is 36.7 Å². The van der Waals surface area contributed by atoms with Crippen molar-refractivity contribution in [3.8, 4) is 11.3 Å². The number of likely N-dealkylation sites (tertiary alicyclic amines) is 1. The molecule has 5 rings (SSSR count). The number of anilines is 2. The topological polar surface area (TPSA) is 122 Å². The number of hydrogen-bond donors (Lipinski definition) is 2. The number of nitrogens with zero attached hydrogens (tertiary/aromatic N) is 6. The van der Waals surface area contributed by atoms with Crippen LogP contribution in [0.1, 0.15) is 47.8 Å². The van der Waals surface area contributed by atoms with Gasteiger partial charge in [0.05, 0.1) is 0 Å². The number of amides is 2. The first kappa shape index (κ1) is 26.3. The van der Waals surface area contributed by atoms with E-state index in [0.29, 0.717) is 35.9 Å². The number of carbonyl (C=O) groups is 2. The first-order valence-corrected chi connectivity index (χ1v) is 13.3. The summed E-state index contributed by atoms with van der Waals surface area (Å²) in [5, 5.41) is 2.80. The van der Waals surface area contributed by atoms with Crippen molar-refractivity contribution in [2.75, 3.05) is 44.8 Å². The van der Waals surface area contributed by atoms with Gasteiger partial charge in [-0.05, 0) is 64.2 Å². The molecule has 1 atom stereocenters. The van der Waals surface area contributed by atoms with Crippen LogP contribution < -0.4 is 11.1 Å². The number of pyridine rings is 1. The molecule has 0 saturated carbocycles. The second kappa shape index (κ2) is 11.6. The Morgan fingerprint density at radius 1 is 1.10 bits per heavy atom. The summed E-state index contributed by atoms with van der Waals surface area (Å²) in [6.45, 7) is 2.31. The van der Waals surface area contributed by atoms with Gasteiger partial charge in [-0.25, -0.2) is 15.0 Å². The maximum atomic E-state index is 12.9.